The van der Waals surface area contributed by atoms with E-state index in [9.17, 15) is 4.79 Å². The van der Waals surface area contributed by atoms with Crippen molar-refractivity contribution in [2.24, 2.45) is 5.92 Å². The van der Waals surface area contributed by atoms with Crippen molar-refractivity contribution in [1.29, 1.82) is 0 Å². The first-order valence-corrected chi connectivity index (χ1v) is 13.4. The standard InChI is InChI=1S/C28H38N6O/c1-19(2)17-25(35)30-21-13-15-22(16-14-21)31-27-24-18-29-34(23-11-7-4-8-12-23)28(24)33-26(32-27)20-9-5-3-6-10-20/h4,7-8,11-12,18-22H,3,5-6,9-10,13-17H2,1-2H3,(H,30,35)(H,31,32,33). The summed E-state index contributed by atoms with van der Waals surface area (Å²) in [5.41, 5.74) is 1.89. The number of hydrogen-bond acceptors (Lipinski definition) is 5. The van der Waals surface area contributed by atoms with Crippen LogP contribution in [0.3, 0.4) is 0 Å². The van der Waals surface area contributed by atoms with Crippen molar-refractivity contribution in [2.45, 2.75) is 96.1 Å². The van der Waals surface area contributed by atoms with E-state index < -0.39 is 0 Å². The zero-order valence-corrected chi connectivity index (χ0v) is 21.0. The molecule has 2 heterocycles. The summed E-state index contributed by atoms with van der Waals surface area (Å²) in [6.07, 6.45) is 12.6. The smallest absolute Gasteiger partial charge is 0.220 e. The van der Waals surface area contributed by atoms with Gasteiger partial charge >= 0.3 is 0 Å². The molecule has 2 aliphatic rings. The van der Waals surface area contributed by atoms with Crippen LogP contribution in [0.15, 0.2) is 36.5 Å². The van der Waals surface area contributed by atoms with Crippen LogP contribution in [-0.2, 0) is 4.79 Å². The van der Waals surface area contributed by atoms with E-state index in [0.717, 1.165) is 66.9 Å². The van der Waals surface area contributed by atoms with Gasteiger partial charge in [0, 0.05) is 24.4 Å². The molecule has 0 bridgehead atoms. The van der Waals surface area contributed by atoms with Crippen molar-refractivity contribution in [2.75, 3.05) is 5.32 Å². The lowest BCUT2D eigenvalue weighted by atomic mass is 9.88. The lowest BCUT2D eigenvalue weighted by molar-refractivity contribution is -0.122. The molecule has 35 heavy (non-hydrogen) atoms. The maximum Gasteiger partial charge on any atom is 0.220 e. The fraction of sp³-hybridized carbons (Fsp3) is 0.571. The highest BCUT2D eigenvalue weighted by Gasteiger charge is 2.26. The van der Waals surface area contributed by atoms with Crippen molar-refractivity contribution >= 4 is 22.8 Å². The molecule has 2 aromatic heterocycles. The highest BCUT2D eigenvalue weighted by Crippen LogP contribution is 2.34. The van der Waals surface area contributed by atoms with E-state index in [1.165, 1.54) is 19.3 Å². The van der Waals surface area contributed by atoms with E-state index in [0.29, 0.717) is 24.3 Å². The largest absolute Gasteiger partial charge is 0.367 e. The third-order valence-corrected chi connectivity index (χ3v) is 7.44. The average molecular weight is 475 g/mol. The molecule has 5 rings (SSSR count). The molecule has 2 fully saturated rings. The molecular weight excluding hydrogens is 436 g/mol. The van der Waals surface area contributed by atoms with Crippen LogP contribution in [0.1, 0.15) is 89.8 Å². The lowest BCUT2D eigenvalue weighted by Gasteiger charge is -2.30. The number of carbonyl (C=O) groups is 1. The van der Waals surface area contributed by atoms with Crippen LogP contribution in [0.25, 0.3) is 16.7 Å². The maximum absolute atomic E-state index is 12.2. The van der Waals surface area contributed by atoms with Gasteiger partial charge in [-0.1, -0.05) is 51.3 Å². The Balaban J connectivity index is 1.36. The van der Waals surface area contributed by atoms with Crippen molar-refractivity contribution in [3.63, 3.8) is 0 Å². The van der Waals surface area contributed by atoms with Gasteiger partial charge in [0.15, 0.2) is 5.65 Å². The summed E-state index contributed by atoms with van der Waals surface area (Å²) in [5.74, 6) is 2.85. The van der Waals surface area contributed by atoms with Crippen molar-refractivity contribution in [3.8, 4) is 5.69 Å². The van der Waals surface area contributed by atoms with Crippen LogP contribution in [0.2, 0.25) is 0 Å². The van der Waals surface area contributed by atoms with Gasteiger partial charge in [-0.05, 0) is 56.6 Å². The van der Waals surface area contributed by atoms with E-state index in [1.54, 1.807) is 0 Å². The molecule has 1 amide bonds. The Hall–Kier alpha value is -2.96. The van der Waals surface area contributed by atoms with Gasteiger partial charge in [0.2, 0.25) is 5.91 Å². The molecule has 1 aromatic carbocycles. The van der Waals surface area contributed by atoms with Crippen LogP contribution in [0.5, 0.6) is 0 Å². The minimum atomic E-state index is 0.180. The maximum atomic E-state index is 12.2. The minimum Gasteiger partial charge on any atom is -0.367 e. The molecule has 0 unspecified atom stereocenters. The summed E-state index contributed by atoms with van der Waals surface area (Å²) in [5, 5.41) is 12.7. The Bertz CT molecular complexity index is 1130. The van der Waals surface area contributed by atoms with E-state index >= 15 is 0 Å². The summed E-state index contributed by atoms with van der Waals surface area (Å²) in [7, 11) is 0. The molecule has 0 atom stereocenters. The van der Waals surface area contributed by atoms with Gasteiger partial charge in [-0.2, -0.15) is 5.10 Å². The van der Waals surface area contributed by atoms with Gasteiger partial charge in [0.05, 0.1) is 17.3 Å². The van der Waals surface area contributed by atoms with E-state index in [4.69, 9.17) is 15.1 Å². The second kappa shape index (κ2) is 10.8. The van der Waals surface area contributed by atoms with Crippen molar-refractivity contribution < 1.29 is 4.79 Å². The number of para-hydroxylation sites is 1. The number of nitrogens with one attached hydrogen (secondary N) is 2. The zero-order valence-electron chi connectivity index (χ0n) is 21.0. The molecule has 3 aromatic rings. The number of amides is 1. The normalized spacial score (nSPS) is 21.3. The quantitative estimate of drug-likeness (QED) is 0.455. The third kappa shape index (κ3) is 5.65. The molecule has 0 saturated heterocycles. The summed E-state index contributed by atoms with van der Waals surface area (Å²) >= 11 is 0. The molecule has 7 nitrogen and oxygen atoms in total. The summed E-state index contributed by atoms with van der Waals surface area (Å²) in [6.45, 7) is 4.18. The SMILES string of the molecule is CC(C)CC(=O)NC1CCC(Nc2nc(C3CCCCC3)nc3c2cnn3-c2ccccc2)CC1. The average Bonchev–Trinajstić information content (AvgIpc) is 3.30. The Morgan fingerprint density at radius 1 is 0.971 bits per heavy atom. The Labute approximate surface area is 208 Å². The number of carbonyl (C=O) groups excluding carboxylic acids is 1. The van der Waals surface area contributed by atoms with Crippen LogP contribution in [-0.4, -0.2) is 37.7 Å². The van der Waals surface area contributed by atoms with Gasteiger partial charge < -0.3 is 10.6 Å². The first-order valence-electron chi connectivity index (χ1n) is 13.4. The van der Waals surface area contributed by atoms with E-state index in [-0.39, 0.29) is 11.9 Å². The highest BCUT2D eigenvalue weighted by molar-refractivity contribution is 5.87. The molecule has 186 valence electrons. The molecule has 2 N–H and O–H groups in total. The lowest BCUT2D eigenvalue weighted by Crippen LogP contribution is -2.40. The van der Waals surface area contributed by atoms with Gasteiger partial charge in [0.1, 0.15) is 11.6 Å². The molecular formula is C28H38N6O. The minimum absolute atomic E-state index is 0.180. The van der Waals surface area contributed by atoms with Gasteiger partial charge in [0.25, 0.3) is 0 Å². The number of hydrogen-bond donors (Lipinski definition) is 2. The number of anilines is 1. The van der Waals surface area contributed by atoms with Crippen LogP contribution in [0.4, 0.5) is 5.82 Å². The Morgan fingerprint density at radius 2 is 1.69 bits per heavy atom. The fourth-order valence-electron chi connectivity index (χ4n) is 5.57. The molecule has 0 spiro atoms. The first kappa shape index (κ1) is 23.8. The van der Waals surface area contributed by atoms with Gasteiger partial charge in [-0.3, -0.25) is 4.79 Å². The van der Waals surface area contributed by atoms with Gasteiger partial charge in [-0.25, -0.2) is 14.6 Å². The summed E-state index contributed by atoms with van der Waals surface area (Å²) in [6, 6.07) is 10.8. The van der Waals surface area contributed by atoms with Gasteiger partial charge in [-0.15, -0.1) is 0 Å². The van der Waals surface area contributed by atoms with Crippen LogP contribution < -0.4 is 10.6 Å². The zero-order chi connectivity index (χ0) is 24.2. The van der Waals surface area contributed by atoms with Crippen LogP contribution >= 0.6 is 0 Å². The highest BCUT2D eigenvalue weighted by atomic mass is 16.1. The predicted molar refractivity (Wildman–Crippen MR) is 140 cm³/mol. The number of benzene rings is 1. The van der Waals surface area contributed by atoms with Crippen LogP contribution in [0, 0.1) is 5.92 Å². The predicted octanol–water partition coefficient (Wildman–Crippen LogP) is 5.75. The second-order valence-electron chi connectivity index (χ2n) is 10.8. The second-order valence-corrected chi connectivity index (χ2v) is 10.8. The first-order chi connectivity index (χ1) is 17.1. The number of nitrogens with zero attached hydrogens (tertiary/aromatic N) is 4. The summed E-state index contributed by atoms with van der Waals surface area (Å²) < 4.78 is 1.94. The van der Waals surface area contributed by atoms with E-state index in [1.807, 2.05) is 29.1 Å². The number of rotatable bonds is 7. The van der Waals surface area contributed by atoms with E-state index in [2.05, 4.69) is 36.6 Å². The number of aromatic nitrogens is 4. The molecule has 0 radical (unpaired) electrons. The molecule has 2 aliphatic carbocycles. The fourth-order valence-corrected chi connectivity index (χ4v) is 5.57. The topological polar surface area (TPSA) is 84.7 Å². The molecule has 0 aliphatic heterocycles. The Morgan fingerprint density at radius 3 is 2.40 bits per heavy atom. The summed E-state index contributed by atoms with van der Waals surface area (Å²) in [4.78, 5) is 22.3. The number of fused-ring (bicyclic) bond motifs is 1. The monoisotopic (exact) mass is 474 g/mol. The Kier molecular flexibility index (Phi) is 7.30. The molecule has 7 heteroatoms. The van der Waals surface area contributed by atoms with Crippen molar-refractivity contribution in [1.82, 2.24) is 25.1 Å². The molecule has 2 saturated carbocycles. The third-order valence-electron chi connectivity index (χ3n) is 7.44. The van der Waals surface area contributed by atoms with Crippen molar-refractivity contribution in [3.05, 3.63) is 42.4 Å².